The molecule has 124 valence electrons. The smallest absolute Gasteiger partial charge is 0.246 e. The van der Waals surface area contributed by atoms with Gasteiger partial charge < -0.3 is 25.2 Å². The van der Waals surface area contributed by atoms with E-state index in [-0.39, 0.29) is 17.4 Å². The number of nitrogens with one attached hydrogen (secondary N) is 1. The molecule has 1 aliphatic rings. The number of hydrogen-bond donors (Lipinski definition) is 3. The summed E-state index contributed by atoms with van der Waals surface area (Å²) >= 11 is 0. The summed E-state index contributed by atoms with van der Waals surface area (Å²) in [5.41, 5.74) is 1.59. The largest absolute Gasteiger partial charge is 0.504 e. The number of carbonyl (C=O) groups excluding carboxylic acids is 1. The number of carbonyl (C=O) groups is 1. The van der Waals surface area contributed by atoms with E-state index < -0.39 is 6.23 Å². The molecule has 6 heteroatoms. The van der Waals surface area contributed by atoms with E-state index in [0.29, 0.717) is 12.1 Å². The predicted molar refractivity (Wildman–Crippen MR) is 91.1 cm³/mol. The summed E-state index contributed by atoms with van der Waals surface area (Å²) in [5.74, 6) is -0.00959. The van der Waals surface area contributed by atoms with Gasteiger partial charge in [-0.1, -0.05) is 18.2 Å². The van der Waals surface area contributed by atoms with Crippen LogP contribution in [0.3, 0.4) is 0 Å². The van der Waals surface area contributed by atoms with Gasteiger partial charge in [0.1, 0.15) is 5.75 Å². The van der Waals surface area contributed by atoms with Gasteiger partial charge in [0.25, 0.3) is 0 Å². The van der Waals surface area contributed by atoms with Crippen molar-refractivity contribution < 1.29 is 19.7 Å². The van der Waals surface area contributed by atoms with Gasteiger partial charge in [-0.25, -0.2) is 0 Å². The minimum Gasteiger partial charge on any atom is -0.504 e. The molecule has 1 unspecified atom stereocenters. The number of para-hydroxylation sites is 2. The van der Waals surface area contributed by atoms with Crippen molar-refractivity contribution in [2.45, 2.75) is 6.23 Å². The third-order valence-electron chi connectivity index (χ3n) is 3.72. The van der Waals surface area contributed by atoms with Crippen LogP contribution >= 0.6 is 0 Å². The Balaban J connectivity index is 1.63. The molecule has 6 nitrogen and oxygen atoms in total. The molecule has 3 N–H and O–H groups in total. The summed E-state index contributed by atoms with van der Waals surface area (Å²) in [6.45, 7) is 0.538. The molecule has 0 saturated heterocycles. The molecule has 2 aromatic carbocycles. The number of nitrogens with zero attached hydrogens (tertiary/aromatic N) is 1. The summed E-state index contributed by atoms with van der Waals surface area (Å²) in [6.07, 6.45) is 2.46. The van der Waals surface area contributed by atoms with Gasteiger partial charge in [0, 0.05) is 13.1 Å². The number of fused-ring (bicyclic) bond motifs is 1. The molecule has 0 aromatic heterocycles. The number of aromatic hydroxyl groups is 2. The number of ether oxygens (including phenoxy) is 1. The van der Waals surface area contributed by atoms with E-state index >= 15 is 0 Å². The van der Waals surface area contributed by atoms with Crippen molar-refractivity contribution in [3.63, 3.8) is 0 Å². The fourth-order valence-corrected chi connectivity index (χ4v) is 2.51. The van der Waals surface area contributed by atoms with E-state index in [9.17, 15) is 15.0 Å². The maximum Gasteiger partial charge on any atom is 0.246 e. The fraction of sp³-hybridized carbons (Fsp3) is 0.167. The minimum atomic E-state index is -0.449. The van der Waals surface area contributed by atoms with Gasteiger partial charge in [-0.3, -0.25) is 4.79 Å². The summed E-state index contributed by atoms with van der Waals surface area (Å²) in [5, 5.41) is 21.5. The number of phenols is 2. The number of rotatable bonds is 3. The number of amides is 1. The third-order valence-corrected chi connectivity index (χ3v) is 3.72. The second-order valence-electron chi connectivity index (χ2n) is 5.54. The molecule has 0 fully saturated rings. The molecule has 3 rings (SSSR count). The summed E-state index contributed by atoms with van der Waals surface area (Å²) < 4.78 is 5.78. The molecule has 1 heterocycles. The van der Waals surface area contributed by atoms with Gasteiger partial charge in [-0.05, 0) is 35.9 Å². The highest BCUT2D eigenvalue weighted by Gasteiger charge is 2.23. The lowest BCUT2D eigenvalue weighted by Gasteiger charge is -2.33. The first kappa shape index (κ1) is 15.7. The molecule has 0 bridgehead atoms. The molecular weight excluding hydrogens is 308 g/mol. The number of likely N-dealkylation sites (N-methyl/N-ethyl adjacent to an activating group) is 1. The quantitative estimate of drug-likeness (QED) is 0.594. The van der Waals surface area contributed by atoms with Crippen LogP contribution in [-0.2, 0) is 4.79 Å². The Hall–Kier alpha value is -3.15. The Morgan fingerprint density at radius 1 is 1.25 bits per heavy atom. The van der Waals surface area contributed by atoms with Crippen molar-refractivity contribution in [1.82, 2.24) is 5.32 Å². The fourth-order valence-electron chi connectivity index (χ4n) is 2.51. The normalized spacial score (nSPS) is 16.5. The second-order valence-corrected chi connectivity index (χ2v) is 5.54. The number of hydrogen-bond acceptors (Lipinski definition) is 5. The van der Waals surface area contributed by atoms with Gasteiger partial charge in [0.05, 0.1) is 12.2 Å². The summed E-state index contributed by atoms with van der Waals surface area (Å²) in [7, 11) is 1.94. The lowest BCUT2D eigenvalue weighted by atomic mass is 10.2. The van der Waals surface area contributed by atoms with Crippen molar-refractivity contribution in [2.75, 3.05) is 18.5 Å². The van der Waals surface area contributed by atoms with Crippen LogP contribution < -0.4 is 15.0 Å². The molecule has 0 saturated carbocycles. The predicted octanol–water partition coefficient (Wildman–Crippen LogP) is 2.08. The van der Waals surface area contributed by atoms with Crippen LogP contribution in [0.4, 0.5) is 5.69 Å². The zero-order valence-corrected chi connectivity index (χ0v) is 13.1. The monoisotopic (exact) mass is 326 g/mol. The SMILES string of the molecule is CN1CC(NC(=O)/C=C/c2ccc(O)c(O)c2)Oc2ccccc21. The molecular formula is C18H18N2O4. The van der Waals surface area contributed by atoms with Gasteiger partial charge in [-0.15, -0.1) is 0 Å². The lowest BCUT2D eigenvalue weighted by Crippen LogP contribution is -2.48. The van der Waals surface area contributed by atoms with E-state index in [4.69, 9.17) is 4.74 Å². The Bertz CT molecular complexity index is 788. The zero-order chi connectivity index (χ0) is 17.1. The van der Waals surface area contributed by atoms with Crippen LogP contribution in [0.2, 0.25) is 0 Å². The van der Waals surface area contributed by atoms with Crippen LogP contribution in [-0.4, -0.2) is 35.9 Å². The van der Waals surface area contributed by atoms with Crippen LogP contribution in [0.5, 0.6) is 17.2 Å². The highest BCUT2D eigenvalue weighted by molar-refractivity contribution is 5.92. The van der Waals surface area contributed by atoms with E-state index in [1.54, 1.807) is 12.1 Å². The first-order chi connectivity index (χ1) is 11.5. The summed E-state index contributed by atoms with van der Waals surface area (Å²) in [6, 6.07) is 12.0. The van der Waals surface area contributed by atoms with E-state index in [0.717, 1.165) is 11.4 Å². The molecule has 24 heavy (non-hydrogen) atoms. The van der Waals surface area contributed by atoms with Crippen molar-refractivity contribution in [3.05, 3.63) is 54.1 Å². The summed E-state index contributed by atoms with van der Waals surface area (Å²) in [4.78, 5) is 14.1. The van der Waals surface area contributed by atoms with E-state index in [1.807, 2.05) is 36.2 Å². The van der Waals surface area contributed by atoms with Crippen LogP contribution in [0.25, 0.3) is 6.08 Å². The molecule has 2 aromatic rings. The average Bonchev–Trinajstić information content (AvgIpc) is 2.56. The average molecular weight is 326 g/mol. The Morgan fingerprint density at radius 2 is 2.04 bits per heavy atom. The van der Waals surface area contributed by atoms with Gasteiger partial charge >= 0.3 is 0 Å². The van der Waals surface area contributed by atoms with Crippen molar-refractivity contribution in [1.29, 1.82) is 0 Å². The highest BCUT2D eigenvalue weighted by atomic mass is 16.5. The van der Waals surface area contributed by atoms with E-state index in [2.05, 4.69) is 5.32 Å². The topological polar surface area (TPSA) is 82.0 Å². The molecule has 0 aliphatic carbocycles. The lowest BCUT2D eigenvalue weighted by molar-refractivity contribution is -0.118. The molecule has 1 amide bonds. The van der Waals surface area contributed by atoms with Crippen molar-refractivity contribution in [3.8, 4) is 17.2 Å². The molecule has 0 radical (unpaired) electrons. The maximum absolute atomic E-state index is 12.0. The Kier molecular flexibility index (Phi) is 4.29. The van der Waals surface area contributed by atoms with Gasteiger partial charge in [-0.2, -0.15) is 0 Å². The first-order valence-corrected chi connectivity index (χ1v) is 7.50. The second kappa shape index (κ2) is 6.54. The van der Waals surface area contributed by atoms with Crippen LogP contribution in [0.15, 0.2) is 48.5 Å². The van der Waals surface area contributed by atoms with Crippen LogP contribution in [0.1, 0.15) is 5.56 Å². The number of benzene rings is 2. The van der Waals surface area contributed by atoms with Gasteiger partial charge in [0.2, 0.25) is 5.91 Å². The van der Waals surface area contributed by atoms with E-state index in [1.165, 1.54) is 18.2 Å². The molecule has 0 spiro atoms. The van der Waals surface area contributed by atoms with Crippen molar-refractivity contribution >= 4 is 17.7 Å². The third kappa shape index (κ3) is 3.43. The molecule has 1 aliphatic heterocycles. The Labute approximate surface area is 139 Å². The van der Waals surface area contributed by atoms with Crippen molar-refractivity contribution in [2.24, 2.45) is 0 Å². The molecule has 1 atom stereocenters. The van der Waals surface area contributed by atoms with Gasteiger partial charge in [0.15, 0.2) is 17.7 Å². The minimum absolute atomic E-state index is 0.200. The Morgan fingerprint density at radius 3 is 2.83 bits per heavy atom. The zero-order valence-electron chi connectivity index (χ0n) is 13.1. The first-order valence-electron chi connectivity index (χ1n) is 7.50. The number of phenolic OH excluding ortho intramolecular Hbond substituents is 2. The highest BCUT2D eigenvalue weighted by Crippen LogP contribution is 2.31. The number of anilines is 1. The maximum atomic E-state index is 12.0. The standard InChI is InChI=1S/C18H18N2O4/c1-20-11-18(24-16-5-3-2-4-13(16)20)19-17(23)9-7-12-6-8-14(21)15(22)10-12/h2-10,18,21-22H,11H2,1H3,(H,19,23)/b9-7+. The van der Waals surface area contributed by atoms with Crippen LogP contribution in [0, 0.1) is 0 Å².